The maximum absolute atomic E-state index is 11.9. The number of carbonyl (C=O) groups excluding carboxylic acids is 1. The summed E-state index contributed by atoms with van der Waals surface area (Å²) in [6.07, 6.45) is 0.679. The van der Waals surface area contributed by atoms with Crippen LogP contribution in [0.3, 0.4) is 0 Å². The maximum atomic E-state index is 11.9. The standard InChI is InChI=1S/C11H16ClN3O2/c1-6(16)11(2,3)15-10(17)8-4-7(13)5-14-9(8)12/h4-6,16H,13H2,1-3H3,(H,15,17). The molecule has 1 aromatic rings. The number of halogens is 1. The summed E-state index contributed by atoms with van der Waals surface area (Å²) in [7, 11) is 0. The molecule has 0 aliphatic carbocycles. The summed E-state index contributed by atoms with van der Waals surface area (Å²) in [5.41, 5.74) is 5.33. The maximum Gasteiger partial charge on any atom is 0.254 e. The van der Waals surface area contributed by atoms with Gasteiger partial charge in [-0.3, -0.25) is 4.79 Å². The summed E-state index contributed by atoms with van der Waals surface area (Å²) < 4.78 is 0. The molecular weight excluding hydrogens is 242 g/mol. The van der Waals surface area contributed by atoms with Gasteiger partial charge in [0.15, 0.2) is 0 Å². The summed E-state index contributed by atoms with van der Waals surface area (Å²) in [5.74, 6) is -0.416. The zero-order valence-electron chi connectivity index (χ0n) is 9.99. The quantitative estimate of drug-likeness (QED) is 0.710. The molecule has 0 saturated carbocycles. The lowest BCUT2D eigenvalue weighted by molar-refractivity contribution is 0.0709. The third-order valence-electron chi connectivity index (χ3n) is 2.58. The fraction of sp³-hybridized carbons (Fsp3) is 0.455. The summed E-state index contributed by atoms with van der Waals surface area (Å²) in [6, 6.07) is 1.45. The van der Waals surface area contributed by atoms with Gasteiger partial charge in [0.1, 0.15) is 5.15 Å². The van der Waals surface area contributed by atoms with Crippen molar-refractivity contribution in [3.63, 3.8) is 0 Å². The second kappa shape index (κ2) is 4.89. The van der Waals surface area contributed by atoms with Crippen LogP contribution in [0.5, 0.6) is 0 Å². The number of nitrogens with two attached hydrogens (primary N) is 1. The molecule has 0 saturated heterocycles. The number of nitrogens with zero attached hydrogens (tertiary/aromatic N) is 1. The minimum atomic E-state index is -0.759. The van der Waals surface area contributed by atoms with Gasteiger partial charge in [-0.25, -0.2) is 4.98 Å². The Hall–Kier alpha value is -1.33. The van der Waals surface area contributed by atoms with Crippen molar-refractivity contribution >= 4 is 23.2 Å². The van der Waals surface area contributed by atoms with Crippen LogP contribution >= 0.6 is 11.6 Å². The SMILES string of the molecule is CC(O)C(C)(C)NC(=O)c1cc(N)cnc1Cl. The van der Waals surface area contributed by atoms with Crippen molar-refractivity contribution < 1.29 is 9.90 Å². The predicted octanol–water partition coefficient (Wildman–Crippen LogP) is 1.21. The van der Waals surface area contributed by atoms with Gasteiger partial charge < -0.3 is 16.2 Å². The summed E-state index contributed by atoms with van der Waals surface area (Å²) in [4.78, 5) is 15.7. The molecule has 0 bridgehead atoms. The van der Waals surface area contributed by atoms with E-state index >= 15 is 0 Å². The molecule has 0 aliphatic rings. The summed E-state index contributed by atoms with van der Waals surface area (Å²) >= 11 is 5.81. The molecule has 94 valence electrons. The van der Waals surface area contributed by atoms with E-state index in [0.717, 1.165) is 0 Å². The first-order valence-corrected chi connectivity index (χ1v) is 5.53. The molecule has 0 spiro atoms. The number of aromatic nitrogens is 1. The highest BCUT2D eigenvalue weighted by atomic mass is 35.5. The Balaban J connectivity index is 2.94. The van der Waals surface area contributed by atoms with Crippen molar-refractivity contribution in [2.45, 2.75) is 32.4 Å². The first kappa shape index (κ1) is 13.7. The molecule has 1 aromatic heterocycles. The average Bonchev–Trinajstić information content (AvgIpc) is 2.20. The van der Waals surface area contributed by atoms with Crippen molar-refractivity contribution in [3.05, 3.63) is 23.0 Å². The zero-order chi connectivity index (χ0) is 13.2. The number of nitrogen functional groups attached to an aromatic ring is 1. The Morgan fingerprint density at radius 3 is 2.76 bits per heavy atom. The Kier molecular flexibility index (Phi) is 3.95. The molecule has 6 heteroatoms. The Bertz CT molecular complexity index is 433. The van der Waals surface area contributed by atoms with Crippen LogP contribution in [0.4, 0.5) is 5.69 Å². The third-order valence-corrected chi connectivity index (χ3v) is 2.89. The van der Waals surface area contributed by atoms with Gasteiger partial charge in [0.05, 0.1) is 29.1 Å². The van der Waals surface area contributed by atoms with Gasteiger partial charge in [0.2, 0.25) is 0 Å². The number of nitrogens with one attached hydrogen (secondary N) is 1. The van der Waals surface area contributed by atoms with E-state index in [1.807, 2.05) is 0 Å². The lowest BCUT2D eigenvalue weighted by Gasteiger charge is -2.29. The number of aliphatic hydroxyl groups excluding tert-OH is 1. The van der Waals surface area contributed by atoms with Crippen LogP contribution in [0, 0.1) is 0 Å². The Morgan fingerprint density at radius 1 is 1.65 bits per heavy atom. The molecule has 1 heterocycles. The number of aliphatic hydroxyl groups is 1. The molecule has 1 rings (SSSR count). The van der Waals surface area contributed by atoms with Crippen LogP contribution < -0.4 is 11.1 Å². The van der Waals surface area contributed by atoms with E-state index < -0.39 is 17.6 Å². The molecule has 1 atom stereocenters. The molecule has 0 aliphatic heterocycles. The van der Waals surface area contributed by atoms with E-state index in [-0.39, 0.29) is 10.7 Å². The van der Waals surface area contributed by atoms with Crippen LogP contribution in [0.25, 0.3) is 0 Å². The molecule has 4 N–H and O–H groups in total. The van der Waals surface area contributed by atoms with Gasteiger partial charge in [0, 0.05) is 0 Å². The number of hydrogen-bond acceptors (Lipinski definition) is 4. The lowest BCUT2D eigenvalue weighted by atomic mass is 9.98. The van der Waals surface area contributed by atoms with E-state index in [1.165, 1.54) is 12.3 Å². The van der Waals surface area contributed by atoms with Crippen LogP contribution in [0.1, 0.15) is 31.1 Å². The van der Waals surface area contributed by atoms with E-state index in [0.29, 0.717) is 5.69 Å². The van der Waals surface area contributed by atoms with Crippen LogP contribution in [0.2, 0.25) is 5.15 Å². The highest BCUT2D eigenvalue weighted by Crippen LogP contribution is 2.17. The molecule has 1 amide bonds. The van der Waals surface area contributed by atoms with Crippen LogP contribution in [0.15, 0.2) is 12.3 Å². The van der Waals surface area contributed by atoms with Crippen molar-refractivity contribution in [1.29, 1.82) is 0 Å². The molecule has 17 heavy (non-hydrogen) atoms. The second-order valence-electron chi connectivity index (χ2n) is 4.46. The normalized spacial score (nSPS) is 13.2. The van der Waals surface area contributed by atoms with Crippen LogP contribution in [-0.4, -0.2) is 27.6 Å². The number of anilines is 1. The number of hydrogen-bond donors (Lipinski definition) is 3. The van der Waals surface area contributed by atoms with E-state index in [4.69, 9.17) is 17.3 Å². The molecular formula is C11H16ClN3O2. The van der Waals surface area contributed by atoms with Crippen molar-refractivity contribution in [1.82, 2.24) is 10.3 Å². The molecule has 0 fully saturated rings. The molecule has 5 nitrogen and oxygen atoms in total. The molecule has 0 aromatic carbocycles. The van der Waals surface area contributed by atoms with E-state index in [2.05, 4.69) is 10.3 Å². The van der Waals surface area contributed by atoms with E-state index in [1.54, 1.807) is 20.8 Å². The number of pyridine rings is 1. The first-order valence-electron chi connectivity index (χ1n) is 5.15. The molecule has 1 unspecified atom stereocenters. The fourth-order valence-electron chi connectivity index (χ4n) is 1.09. The monoisotopic (exact) mass is 257 g/mol. The topological polar surface area (TPSA) is 88.2 Å². The van der Waals surface area contributed by atoms with Gasteiger partial charge >= 0.3 is 0 Å². The lowest BCUT2D eigenvalue weighted by Crippen LogP contribution is -2.51. The number of carbonyl (C=O) groups is 1. The van der Waals surface area contributed by atoms with Gasteiger partial charge in [-0.2, -0.15) is 0 Å². The summed E-state index contributed by atoms with van der Waals surface area (Å²) in [5, 5.41) is 12.3. The third kappa shape index (κ3) is 3.31. The van der Waals surface area contributed by atoms with Gasteiger partial charge in [-0.05, 0) is 26.8 Å². The minimum absolute atomic E-state index is 0.0816. The number of rotatable bonds is 3. The molecule has 0 radical (unpaired) electrons. The summed E-state index contributed by atoms with van der Waals surface area (Å²) in [6.45, 7) is 5.02. The second-order valence-corrected chi connectivity index (χ2v) is 4.82. The first-order chi connectivity index (χ1) is 7.74. The van der Waals surface area contributed by atoms with Crippen molar-refractivity contribution in [2.24, 2.45) is 0 Å². The zero-order valence-corrected chi connectivity index (χ0v) is 10.7. The fourth-order valence-corrected chi connectivity index (χ4v) is 1.28. The van der Waals surface area contributed by atoms with Crippen molar-refractivity contribution in [2.75, 3.05) is 5.73 Å². The van der Waals surface area contributed by atoms with Gasteiger partial charge in [0.25, 0.3) is 5.91 Å². The van der Waals surface area contributed by atoms with Crippen molar-refractivity contribution in [3.8, 4) is 0 Å². The average molecular weight is 258 g/mol. The van der Waals surface area contributed by atoms with Crippen LogP contribution in [-0.2, 0) is 0 Å². The minimum Gasteiger partial charge on any atom is -0.397 e. The number of amides is 1. The predicted molar refractivity (Wildman–Crippen MR) is 66.9 cm³/mol. The Morgan fingerprint density at radius 2 is 2.24 bits per heavy atom. The van der Waals surface area contributed by atoms with Gasteiger partial charge in [-0.15, -0.1) is 0 Å². The highest BCUT2D eigenvalue weighted by Gasteiger charge is 2.27. The smallest absolute Gasteiger partial charge is 0.254 e. The Labute approximate surface area is 105 Å². The largest absolute Gasteiger partial charge is 0.397 e. The van der Waals surface area contributed by atoms with Gasteiger partial charge in [-0.1, -0.05) is 11.6 Å². The highest BCUT2D eigenvalue weighted by molar-refractivity contribution is 6.32. The van der Waals surface area contributed by atoms with E-state index in [9.17, 15) is 9.90 Å².